The van der Waals surface area contributed by atoms with E-state index in [4.69, 9.17) is 27.9 Å². The molecule has 1 saturated carbocycles. The van der Waals surface area contributed by atoms with E-state index in [-0.39, 0.29) is 33.1 Å². The van der Waals surface area contributed by atoms with Gasteiger partial charge in [-0.1, -0.05) is 62.2 Å². The molecular weight excluding hydrogens is 523 g/mol. The number of nitrogens with zero attached hydrogens (tertiary/aromatic N) is 1. The first-order valence-corrected chi connectivity index (χ1v) is 12.6. The summed E-state index contributed by atoms with van der Waals surface area (Å²) < 4.78 is 36.3. The van der Waals surface area contributed by atoms with Gasteiger partial charge in [0, 0.05) is 35.4 Å². The van der Waals surface area contributed by atoms with E-state index in [9.17, 15) is 14.9 Å². The van der Waals surface area contributed by atoms with Crippen LogP contribution in [-0.4, -0.2) is 30.2 Å². The molecule has 2 N–H and O–H groups in total. The lowest BCUT2D eigenvalue weighted by atomic mass is 9.62. The highest BCUT2D eigenvalue weighted by Crippen LogP contribution is 2.53. The standard InChI is InChI=1S/C27H27Cl2F2N3O3/c1-25(2,3)12-20-27(13-32,17-8-7-15(28)11-19(17)30)21(16-5-4-6-18(29)22(16)31)23(33-20)24(36)34-26(9-10-26)37-14-35/h4-8,11,14,20-21,23,33H,9-10,12H2,1-3H3,(H,34,36)/t20-,21-,23+,27-/m0/s1. The molecule has 1 amide bonds. The van der Waals surface area contributed by atoms with Gasteiger partial charge in [0.25, 0.3) is 6.47 Å². The van der Waals surface area contributed by atoms with Gasteiger partial charge in [-0.2, -0.15) is 5.26 Å². The minimum atomic E-state index is -1.72. The number of carbonyl (C=O) groups is 2. The number of carbonyl (C=O) groups excluding carboxylic acids is 2. The van der Waals surface area contributed by atoms with Gasteiger partial charge in [-0.25, -0.2) is 8.78 Å². The Kier molecular flexibility index (Phi) is 7.28. The summed E-state index contributed by atoms with van der Waals surface area (Å²) in [6, 6.07) is 8.63. The predicted octanol–water partition coefficient (Wildman–Crippen LogP) is 5.37. The maximum absolute atomic E-state index is 15.6. The van der Waals surface area contributed by atoms with Gasteiger partial charge in [-0.05, 0) is 35.6 Å². The van der Waals surface area contributed by atoms with Crippen LogP contribution in [0, 0.1) is 28.4 Å². The van der Waals surface area contributed by atoms with Crippen molar-refractivity contribution in [1.82, 2.24) is 10.6 Å². The van der Waals surface area contributed by atoms with Gasteiger partial charge in [0.1, 0.15) is 17.0 Å². The van der Waals surface area contributed by atoms with Gasteiger partial charge >= 0.3 is 0 Å². The molecule has 0 bridgehead atoms. The van der Waals surface area contributed by atoms with E-state index in [1.807, 2.05) is 20.8 Å². The molecule has 2 fully saturated rings. The molecule has 2 aromatic rings. The molecular formula is C27H27Cl2F2N3O3. The summed E-state index contributed by atoms with van der Waals surface area (Å²) in [6.45, 7) is 6.12. The number of rotatable bonds is 7. The summed E-state index contributed by atoms with van der Waals surface area (Å²) in [7, 11) is 0. The number of nitrogens with one attached hydrogen (secondary N) is 2. The van der Waals surface area contributed by atoms with Gasteiger partial charge in [0.2, 0.25) is 5.91 Å². The molecule has 2 aromatic carbocycles. The minimum absolute atomic E-state index is 0.00591. The number of ether oxygens (including phenoxy) is 1. The van der Waals surface area contributed by atoms with E-state index in [1.165, 1.54) is 30.3 Å². The van der Waals surface area contributed by atoms with E-state index < -0.39 is 46.7 Å². The summed E-state index contributed by atoms with van der Waals surface area (Å²) in [5, 5.41) is 16.7. The minimum Gasteiger partial charge on any atom is -0.441 e. The Hall–Kier alpha value is -2.73. The van der Waals surface area contributed by atoms with Crippen LogP contribution in [0.4, 0.5) is 8.78 Å². The lowest BCUT2D eigenvalue weighted by molar-refractivity contribution is -0.141. The number of amides is 1. The molecule has 6 nitrogen and oxygen atoms in total. The van der Waals surface area contributed by atoms with Crippen LogP contribution in [-0.2, 0) is 19.7 Å². The largest absolute Gasteiger partial charge is 0.441 e. The molecule has 1 saturated heterocycles. The molecule has 1 heterocycles. The third-order valence-electron chi connectivity index (χ3n) is 7.06. The molecule has 0 aromatic heterocycles. The molecule has 1 aliphatic heterocycles. The summed E-state index contributed by atoms with van der Waals surface area (Å²) in [5.41, 5.74) is -3.25. The lowest BCUT2D eigenvalue weighted by Gasteiger charge is -2.37. The molecule has 0 spiro atoms. The van der Waals surface area contributed by atoms with E-state index >= 15 is 8.78 Å². The Labute approximate surface area is 224 Å². The van der Waals surface area contributed by atoms with Gasteiger partial charge in [0.15, 0.2) is 5.72 Å². The second-order valence-corrected chi connectivity index (χ2v) is 11.7. The molecule has 0 radical (unpaired) electrons. The van der Waals surface area contributed by atoms with Crippen LogP contribution in [0.3, 0.4) is 0 Å². The molecule has 1 aliphatic carbocycles. The van der Waals surface area contributed by atoms with Crippen LogP contribution in [0.1, 0.15) is 57.1 Å². The van der Waals surface area contributed by atoms with Crippen molar-refractivity contribution in [2.45, 2.75) is 69.2 Å². The maximum Gasteiger partial charge on any atom is 0.295 e. The molecule has 0 unspecified atom stereocenters. The fourth-order valence-electron chi connectivity index (χ4n) is 5.34. The van der Waals surface area contributed by atoms with Crippen LogP contribution in [0.2, 0.25) is 10.0 Å². The zero-order valence-electron chi connectivity index (χ0n) is 20.6. The summed E-state index contributed by atoms with van der Waals surface area (Å²) in [6.07, 6.45) is 1.18. The highest BCUT2D eigenvalue weighted by molar-refractivity contribution is 6.31. The third kappa shape index (κ3) is 5.05. The topological polar surface area (TPSA) is 91.2 Å². The number of hydrogen-bond donors (Lipinski definition) is 2. The summed E-state index contributed by atoms with van der Waals surface area (Å²) in [4.78, 5) is 24.7. The number of halogens is 4. The van der Waals surface area contributed by atoms with Crippen molar-refractivity contribution in [3.05, 3.63) is 69.2 Å². The second-order valence-electron chi connectivity index (χ2n) is 10.9. The average molecular weight is 550 g/mol. The highest BCUT2D eigenvalue weighted by atomic mass is 35.5. The first-order valence-electron chi connectivity index (χ1n) is 11.9. The predicted molar refractivity (Wildman–Crippen MR) is 135 cm³/mol. The first kappa shape index (κ1) is 27.3. The Balaban J connectivity index is 1.95. The molecule has 10 heteroatoms. The SMILES string of the molecule is CC(C)(C)C[C@@H]1N[C@@H](C(=O)NC2(OC=O)CC2)[C@H](c2cccc(Cl)c2F)[C@@]1(C#N)c1ccc(Cl)cc1F. The van der Waals surface area contributed by atoms with Gasteiger partial charge < -0.3 is 15.4 Å². The van der Waals surface area contributed by atoms with Gasteiger partial charge in [0.05, 0.1) is 17.1 Å². The van der Waals surface area contributed by atoms with Gasteiger partial charge in [-0.3, -0.25) is 9.59 Å². The van der Waals surface area contributed by atoms with Gasteiger partial charge in [-0.15, -0.1) is 0 Å². The molecule has 37 heavy (non-hydrogen) atoms. The molecule has 4 rings (SSSR count). The smallest absolute Gasteiger partial charge is 0.295 e. The zero-order valence-corrected chi connectivity index (χ0v) is 22.1. The Bertz CT molecular complexity index is 1270. The van der Waals surface area contributed by atoms with Crippen molar-refractivity contribution in [2.24, 2.45) is 5.41 Å². The molecule has 2 aliphatic rings. The second kappa shape index (κ2) is 9.86. The maximum atomic E-state index is 15.6. The third-order valence-corrected chi connectivity index (χ3v) is 7.59. The Morgan fingerprint density at radius 2 is 1.97 bits per heavy atom. The monoisotopic (exact) mass is 549 g/mol. The van der Waals surface area contributed by atoms with Crippen molar-refractivity contribution in [3.63, 3.8) is 0 Å². The van der Waals surface area contributed by atoms with Crippen molar-refractivity contribution in [2.75, 3.05) is 0 Å². The highest BCUT2D eigenvalue weighted by Gasteiger charge is 2.62. The van der Waals surface area contributed by atoms with Crippen LogP contribution >= 0.6 is 23.2 Å². The Morgan fingerprint density at radius 3 is 2.54 bits per heavy atom. The average Bonchev–Trinajstić information content (AvgIpc) is 3.48. The summed E-state index contributed by atoms with van der Waals surface area (Å²) in [5.74, 6) is -3.34. The van der Waals surface area contributed by atoms with E-state index in [2.05, 4.69) is 16.7 Å². The van der Waals surface area contributed by atoms with Crippen molar-refractivity contribution in [1.29, 1.82) is 5.26 Å². The molecule has 4 atom stereocenters. The fraction of sp³-hybridized carbons (Fsp3) is 0.444. The number of benzene rings is 2. The first-order chi connectivity index (χ1) is 17.4. The van der Waals surface area contributed by atoms with E-state index in [0.29, 0.717) is 19.3 Å². The molecule has 196 valence electrons. The summed E-state index contributed by atoms with van der Waals surface area (Å²) >= 11 is 12.1. The van der Waals surface area contributed by atoms with Crippen LogP contribution < -0.4 is 10.6 Å². The van der Waals surface area contributed by atoms with Crippen LogP contribution in [0.15, 0.2) is 36.4 Å². The normalized spacial score (nSPS) is 26.3. The van der Waals surface area contributed by atoms with E-state index in [1.54, 1.807) is 0 Å². The van der Waals surface area contributed by atoms with E-state index in [0.717, 1.165) is 6.07 Å². The Morgan fingerprint density at radius 1 is 1.27 bits per heavy atom. The zero-order chi connectivity index (χ0) is 27.2. The fourth-order valence-corrected chi connectivity index (χ4v) is 5.68. The van der Waals surface area contributed by atoms with Crippen molar-refractivity contribution in [3.8, 4) is 6.07 Å². The van der Waals surface area contributed by atoms with Crippen molar-refractivity contribution >= 4 is 35.6 Å². The van der Waals surface area contributed by atoms with Crippen LogP contribution in [0.5, 0.6) is 0 Å². The quantitative estimate of drug-likeness (QED) is 0.357. The lowest BCUT2D eigenvalue weighted by Crippen LogP contribution is -2.50. The van der Waals surface area contributed by atoms with Crippen molar-refractivity contribution < 1.29 is 23.1 Å². The van der Waals surface area contributed by atoms with Crippen LogP contribution in [0.25, 0.3) is 0 Å². The number of hydrogen-bond acceptors (Lipinski definition) is 5. The number of nitriles is 1.